The predicted octanol–water partition coefficient (Wildman–Crippen LogP) is 4.26. The summed E-state index contributed by atoms with van der Waals surface area (Å²) in [4.78, 5) is 39.9. The molecule has 10 nitrogen and oxygen atoms in total. The maximum atomic E-state index is 15.6. The Kier molecular flexibility index (Phi) is 6.64. The number of nitrogens with one attached hydrogen (secondary N) is 1. The first-order chi connectivity index (χ1) is 20.1. The van der Waals surface area contributed by atoms with Crippen LogP contribution >= 0.6 is 0 Å². The number of amides is 2. The van der Waals surface area contributed by atoms with Crippen molar-refractivity contribution in [1.29, 1.82) is 0 Å². The molecule has 2 saturated heterocycles. The van der Waals surface area contributed by atoms with Crippen LogP contribution in [-0.4, -0.2) is 55.3 Å². The molecule has 42 heavy (non-hydrogen) atoms. The van der Waals surface area contributed by atoms with E-state index in [-0.39, 0.29) is 46.3 Å². The lowest BCUT2D eigenvalue weighted by Crippen LogP contribution is -2.39. The molecule has 5 heterocycles. The number of imidazole rings is 1. The average Bonchev–Trinajstić information content (AvgIpc) is 3.66. The molecule has 14 heteroatoms. The van der Waals surface area contributed by atoms with Crippen molar-refractivity contribution < 1.29 is 31.9 Å². The molecule has 2 aliphatic heterocycles. The van der Waals surface area contributed by atoms with Crippen LogP contribution in [0.15, 0.2) is 61.6 Å². The van der Waals surface area contributed by atoms with Crippen LogP contribution in [0.4, 0.5) is 29.2 Å². The van der Waals surface area contributed by atoms with Crippen molar-refractivity contribution in [3.8, 4) is 11.3 Å². The minimum atomic E-state index is -4.62. The number of aromatic nitrogens is 4. The quantitative estimate of drug-likeness (QED) is 0.266. The van der Waals surface area contributed by atoms with E-state index in [1.807, 2.05) is 0 Å². The standard InChI is InChI=1S/C28H23F4N7O3/c1-2-22(40)39-19(10-15-12-42-13-20(15)39)26-37-23(24-25(33)35-7-8-38(24)26)17-4-3-14(9-18(17)29)27(41)36-21-11-16(5-6-34-21)28(30,31)32/h2-9,11,15,19-20H,1,10,12-13H2,(H2,33,35)(H,34,36,41)/t15-,19-,20+/m0/s1. The second kappa shape index (κ2) is 10.2. The minimum absolute atomic E-state index is 0.00955. The maximum absolute atomic E-state index is 15.6. The number of fused-ring (bicyclic) bond motifs is 2. The highest BCUT2D eigenvalue weighted by Crippen LogP contribution is 2.44. The van der Waals surface area contributed by atoms with E-state index in [2.05, 4.69) is 21.9 Å². The second-order valence-corrected chi connectivity index (χ2v) is 9.99. The van der Waals surface area contributed by atoms with Gasteiger partial charge in [0.15, 0.2) is 0 Å². The van der Waals surface area contributed by atoms with Crippen LogP contribution in [0.1, 0.15) is 34.2 Å². The first-order valence-corrected chi connectivity index (χ1v) is 12.9. The smallest absolute Gasteiger partial charge is 0.382 e. The number of ether oxygens (including phenoxy) is 1. The lowest BCUT2D eigenvalue weighted by Gasteiger charge is -2.27. The molecule has 0 saturated carbocycles. The van der Waals surface area contributed by atoms with Crippen molar-refractivity contribution in [2.45, 2.75) is 24.7 Å². The Labute approximate surface area is 235 Å². The van der Waals surface area contributed by atoms with E-state index in [0.29, 0.717) is 37.0 Å². The zero-order chi connectivity index (χ0) is 29.8. The average molecular weight is 582 g/mol. The van der Waals surface area contributed by atoms with Gasteiger partial charge >= 0.3 is 6.18 Å². The van der Waals surface area contributed by atoms with Crippen LogP contribution in [0.3, 0.4) is 0 Å². The number of likely N-dealkylation sites (tertiary alicyclic amines) is 1. The van der Waals surface area contributed by atoms with Gasteiger partial charge in [0.05, 0.1) is 30.9 Å². The summed E-state index contributed by atoms with van der Waals surface area (Å²) in [5, 5.41) is 2.26. The van der Waals surface area contributed by atoms with E-state index in [0.717, 1.165) is 18.3 Å². The van der Waals surface area contributed by atoms with E-state index in [4.69, 9.17) is 15.5 Å². The Balaban J connectivity index is 1.36. The van der Waals surface area contributed by atoms with Crippen molar-refractivity contribution >= 4 is 29.0 Å². The van der Waals surface area contributed by atoms with Crippen LogP contribution < -0.4 is 11.1 Å². The van der Waals surface area contributed by atoms with Gasteiger partial charge in [-0.25, -0.2) is 19.3 Å². The van der Waals surface area contributed by atoms with Gasteiger partial charge in [0.2, 0.25) is 5.91 Å². The minimum Gasteiger partial charge on any atom is -0.382 e. The maximum Gasteiger partial charge on any atom is 0.416 e. The van der Waals surface area contributed by atoms with Crippen LogP contribution in [0.5, 0.6) is 0 Å². The number of halogens is 4. The fourth-order valence-corrected chi connectivity index (χ4v) is 5.63. The molecular weight excluding hydrogens is 558 g/mol. The number of nitrogen functional groups attached to an aromatic ring is 1. The van der Waals surface area contributed by atoms with Gasteiger partial charge in [0.25, 0.3) is 5.91 Å². The van der Waals surface area contributed by atoms with Gasteiger partial charge in [-0.15, -0.1) is 0 Å². The second-order valence-electron chi connectivity index (χ2n) is 9.99. The molecular formula is C28H23F4N7O3. The van der Waals surface area contributed by atoms with Crippen LogP contribution in [0.2, 0.25) is 0 Å². The van der Waals surface area contributed by atoms with Gasteiger partial charge in [-0.1, -0.05) is 6.58 Å². The molecule has 0 unspecified atom stereocenters. The number of pyridine rings is 1. The zero-order valence-corrected chi connectivity index (χ0v) is 21.8. The lowest BCUT2D eigenvalue weighted by molar-refractivity contribution is -0.137. The van der Waals surface area contributed by atoms with Crippen molar-refractivity contribution in [2.75, 3.05) is 24.3 Å². The van der Waals surface area contributed by atoms with E-state index in [1.165, 1.54) is 24.4 Å². The third kappa shape index (κ3) is 4.62. The van der Waals surface area contributed by atoms with E-state index < -0.39 is 29.5 Å². The topological polar surface area (TPSA) is 128 Å². The molecule has 0 radical (unpaired) electrons. The largest absolute Gasteiger partial charge is 0.416 e. The molecule has 0 spiro atoms. The summed E-state index contributed by atoms with van der Waals surface area (Å²) >= 11 is 0. The highest BCUT2D eigenvalue weighted by Gasteiger charge is 2.48. The number of anilines is 2. The fourth-order valence-electron chi connectivity index (χ4n) is 5.63. The number of benzene rings is 1. The van der Waals surface area contributed by atoms with Crippen LogP contribution in [0, 0.1) is 11.7 Å². The molecule has 2 amide bonds. The molecule has 0 aliphatic carbocycles. The number of hydrogen-bond donors (Lipinski definition) is 2. The number of rotatable bonds is 5. The molecule has 4 aromatic rings. The number of carbonyl (C=O) groups is 2. The summed E-state index contributed by atoms with van der Waals surface area (Å²) in [5.74, 6) is -1.69. The van der Waals surface area contributed by atoms with E-state index in [1.54, 1.807) is 15.5 Å². The third-order valence-corrected chi connectivity index (χ3v) is 7.54. The zero-order valence-electron chi connectivity index (χ0n) is 21.8. The summed E-state index contributed by atoms with van der Waals surface area (Å²) in [5.41, 5.74) is 5.54. The molecule has 3 atom stereocenters. The summed E-state index contributed by atoms with van der Waals surface area (Å²) in [6.45, 7) is 4.51. The molecule has 1 aromatic carbocycles. The highest BCUT2D eigenvalue weighted by molar-refractivity contribution is 6.04. The molecule has 3 N–H and O–H groups in total. The summed E-state index contributed by atoms with van der Waals surface area (Å²) in [6.07, 6.45) is 1.19. The van der Waals surface area contributed by atoms with Crippen molar-refractivity contribution in [3.63, 3.8) is 0 Å². The highest BCUT2D eigenvalue weighted by atomic mass is 19.4. The third-order valence-electron chi connectivity index (χ3n) is 7.54. The molecule has 216 valence electrons. The van der Waals surface area contributed by atoms with Crippen LogP contribution in [0.25, 0.3) is 16.8 Å². The van der Waals surface area contributed by atoms with Crippen LogP contribution in [-0.2, 0) is 15.7 Å². The molecule has 2 aliphatic rings. The van der Waals surface area contributed by atoms with Crippen molar-refractivity contribution in [3.05, 3.63) is 84.3 Å². The molecule has 6 rings (SSSR count). The van der Waals surface area contributed by atoms with Gasteiger partial charge < -0.3 is 20.7 Å². The molecule has 2 fully saturated rings. The first-order valence-electron chi connectivity index (χ1n) is 12.9. The number of nitrogens with two attached hydrogens (primary N) is 1. The lowest BCUT2D eigenvalue weighted by atomic mass is 10.0. The fraction of sp³-hybridized carbons (Fsp3) is 0.250. The normalized spacial score (nSPS) is 20.1. The van der Waals surface area contributed by atoms with E-state index >= 15 is 4.39 Å². The monoisotopic (exact) mass is 581 g/mol. The van der Waals surface area contributed by atoms with Crippen molar-refractivity contribution in [2.24, 2.45) is 5.92 Å². The SMILES string of the molecule is C=CC(=O)N1[C@@H]2COC[C@@H]2C[C@H]1c1nc(-c2ccc(C(=O)Nc3cc(C(F)(F)F)ccn3)cc2F)c2c(N)nccn12. The van der Waals surface area contributed by atoms with Crippen molar-refractivity contribution in [1.82, 2.24) is 24.3 Å². The molecule has 3 aromatic heterocycles. The number of hydrogen-bond acceptors (Lipinski definition) is 7. The number of carbonyl (C=O) groups excluding carboxylic acids is 2. The Morgan fingerprint density at radius 2 is 1.95 bits per heavy atom. The predicted molar refractivity (Wildman–Crippen MR) is 142 cm³/mol. The Hall–Kier alpha value is -4.85. The molecule has 0 bridgehead atoms. The first kappa shape index (κ1) is 27.3. The Morgan fingerprint density at radius 1 is 1.14 bits per heavy atom. The van der Waals surface area contributed by atoms with Gasteiger partial charge in [0.1, 0.15) is 34.5 Å². The number of nitrogens with zero attached hydrogens (tertiary/aromatic N) is 5. The van der Waals surface area contributed by atoms with Gasteiger partial charge in [-0.3, -0.25) is 14.0 Å². The van der Waals surface area contributed by atoms with Gasteiger partial charge in [0, 0.05) is 35.6 Å². The summed E-state index contributed by atoms with van der Waals surface area (Å²) in [6, 6.07) is 4.41. The van der Waals surface area contributed by atoms with Gasteiger partial charge in [-0.05, 0) is 42.8 Å². The van der Waals surface area contributed by atoms with Gasteiger partial charge in [-0.2, -0.15) is 13.2 Å². The Bertz CT molecular complexity index is 1740. The summed E-state index contributed by atoms with van der Waals surface area (Å²) in [7, 11) is 0. The summed E-state index contributed by atoms with van der Waals surface area (Å²) < 4.78 is 61.9. The number of alkyl halides is 3. The Morgan fingerprint density at radius 3 is 2.69 bits per heavy atom. The van der Waals surface area contributed by atoms with E-state index in [9.17, 15) is 22.8 Å².